The first kappa shape index (κ1) is 16.2. The fourth-order valence-electron chi connectivity index (χ4n) is 2.06. The summed E-state index contributed by atoms with van der Waals surface area (Å²) in [4.78, 5) is 0. The van der Waals surface area contributed by atoms with Crippen LogP contribution < -0.4 is 5.32 Å². The van der Waals surface area contributed by atoms with Crippen LogP contribution >= 0.6 is 0 Å². The minimum atomic E-state index is -0.0239. The van der Waals surface area contributed by atoms with Crippen LogP contribution in [0.15, 0.2) is 18.2 Å². The average molecular weight is 263 g/mol. The van der Waals surface area contributed by atoms with E-state index in [4.69, 9.17) is 5.11 Å². The third-order valence-corrected chi connectivity index (χ3v) is 3.70. The molecule has 1 rings (SSSR count). The quantitative estimate of drug-likeness (QED) is 0.851. The Kier molecular flexibility index (Phi) is 5.17. The lowest BCUT2D eigenvalue weighted by Gasteiger charge is -2.26. The van der Waals surface area contributed by atoms with Crippen LogP contribution in [0.25, 0.3) is 0 Å². The molecule has 0 atom stereocenters. The summed E-state index contributed by atoms with van der Waals surface area (Å²) in [5.74, 6) is 0. The number of aryl methyl sites for hydroxylation is 1. The summed E-state index contributed by atoms with van der Waals surface area (Å²) in [6.07, 6.45) is 0.770. The van der Waals surface area contributed by atoms with Crippen LogP contribution in [0, 0.1) is 6.92 Å². The molecular formula is C17H29NO. The molecule has 0 aromatic heterocycles. The number of nitrogens with one attached hydrogen (secondary N) is 1. The molecule has 0 aliphatic rings. The van der Waals surface area contributed by atoms with E-state index < -0.39 is 0 Å². The van der Waals surface area contributed by atoms with Crippen molar-refractivity contribution in [2.75, 3.05) is 6.61 Å². The maximum absolute atomic E-state index is 9.04. The Labute approximate surface area is 118 Å². The van der Waals surface area contributed by atoms with Gasteiger partial charge in [-0.25, -0.2) is 0 Å². The average Bonchev–Trinajstić information content (AvgIpc) is 2.26. The molecule has 1 aromatic carbocycles. The Morgan fingerprint density at radius 2 is 1.74 bits per heavy atom. The van der Waals surface area contributed by atoms with Crippen LogP contribution in [0.1, 0.15) is 57.7 Å². The SMILES string of the molecule is Cc1cc(C(C)(C)C)ccc1CNC(C)(C)CCO. The molecule has 0 radical (unpaired) electrons. The zero-order valence-corrected chi connectivity index (χ0v) is 13.3. The molecule has 0 bridgehead atoms. The largest absolute Gasteiger partial charge is 0.396 e. The number of hydrogen-bond acceptors (Lipinski definition) is 2. The second-order valence-electron chi connectivity index (χ2n) is 7.10. The van der Waals surface area contributed by atoms with Crippen molar-refractivity contribution >= 4 is 0 Å². The highest BCUT2D eigenvalue weighted by Gasteiger charge is 2.17. The van der Waals surface area contributed by atoms with E-state index in [1.165, 1.54) is 16.7 Å². The topological polar surface area (TPSA) is 32.3 Å². The third kappa shape index (κ3) is 4.96. The molecule has 0 unspecified atom stereocenters. The summed E-state index contributed by atoms with van der Waals surface area (Å²) in [5.41, 5.74) is 4.22. The molecule has 2 N–H and O–H groups in total. The van der Waals surface area contributed by atoms with Crippen molar-refractivity contribution in [1.82, 2.24) is 5.32 Å². The molecule has 0 saturated carbocycles. The Morgan fingerprint density at radius 3 is 2.21 bits per heavy atom. The van der Waals surface area contributed by atoms with Crippen molar-refractivity contribution in [3.8, 4) is 0 Å². The molecule has 0 spiro atoms. The van der Waals surface area contributed by atoms with Crippen molar-refractivity contribution in [2.45, 2.75) is 65.5 Å². The van der Waals surface area contributed by atoms with Crippen molar-refractivity contribution in [2.24, 2.45) is 0 Å². The van der Waals surface area contributed by atoms with Gasteiger partial charge in [0.05, 0.1) is 0 Å². The fraction of sp³-hybridized carbons (Fsp3) is 0.647. The minimum absolute atomic E-state index is 0.0239. The maximum atomic E-state index is 9.04. The lowest BCUT2D eigenvalue weighted by atomic mass is 9.85. The van der Waals surface area contributed by atoms with E-state index in [1.54, 1.807) is 0 Å². The van der Waals surface area contributed by atoms with Gasteiger partial charge in [0.1, 0.15) is 0 Å². The number of hydrogen-bond donors (Lipinski definition) is 2. The van der Waals surface area contributed by atoms with Crippen LogP contribution in [0.5, 0.6) is 0 Å². The van der Waals surface area contributed by atoms with E-state index in [0.717, 1.165) is 13.0 Å². The van der Waals surface area contributed by atoms with Gasteiger partial charge in [-0.3, -0.25) is 0 Å². The molecule has 1 aromatic rings. The minimum Gasteiger partial charge on any atom is -0.396 e. The molecule has 108 valence electrons. The summed E-state index contributed by atoms with van der Waals surface area (Å²) >= 11 is 0. The summed E-state index contributed by atoms with van der Waals surface area (Å²) in [5, 5.41) is 12.6. The van der Waals surface area contributed by atoms with Gasteiger partial charge in [-0.05, 0) is 49.3 Å². The Morgan fingerprint density at radius 1 is 1.11 bits per heavy atom. The van der Waals surface area contributed by atoms with E-state index in [0.29, 0.717) is 0 Å². The first-order chi connectivity index (χ1) is 8.65. The van der Waals surface area contributed by atoms with Crippen LogP contribution in [-0.2, 0) is 12.0 Å². The fourth-order valence-corrected chi connectivity index (χ4v) is 2.06. The lowest BCUT2D eigenvalue weighted by Crippen LogP contribution is -2.39. The monoisotopic (exact) mass is 263 g/mol. The first-order valence-corrected chi connectivity index (χ1v) is 7.11. The standard InChI is InChI=1S/C17H29NO/c1-13-11-15(16(2,3)4)8-7-14(13)12-18-17(5,6)9-10-19/h7-8,11,18-19H,9-10,12H2,1-6H3. The van der Waals surface area contributed by atoms with Crippen molar-refractivity contribution in [3.05, 3.63) is 34.9 Å². The summed E-state index contributed by atoms with van der Waals surface area (Å²) in [6, 6.07) is 6.73. The van der Waals surface area contributed by atoms with Gasteiger partial charge in [-0.1, -0.05) is 39.0 Å². The molecule has 0 fully saturated rings. The van der Waals surface area contributed by atoms with Gasteiger partial charge in [-0.2, -0.15) is 0 Å². The second kappa shape index (κ2) is 6.06. The molecule has 0 heterocycles. The van der Waals surface area contributed by atoms with Gasteiger partial charge in [0.25, 0.3) is 0 Å². The van der Waals surface area contributed by atoms with Gasteiger partial charge in [0, 0.05) is 18.7 Å². The molecule has 2 nitrogen and oxygen atoms in total. The maximum Gasteiger partial charge on any atom is 0.0448 e. The van der Waals surface area contributed by atoms with Crippen molar-refractivity contribution < 1.29 is 5.11 Å². The molecule has 0 aliphatic heterocycles. The molecule has 0 amide bonds. The van der Waals surface area contributed by atoms with Gasteiger partial charge < -0.3 is 10.4 Å². The Hall–Kier alpha value is -0.860. The molecule has 19 heavy (non-hydrogen) atoms. The molecule has 0 aliphatic carbocycles. The van der Waals surface area contributed by atoms with Crippen LogP contribution in [0.2, 0.25) is 0 Å². The van der Waals surface area contributed by atoms with Gasteiger partial charge in [0.2, 0.25) is 0 Å². The molecule has 2 heteroatoms. The Bertz CT molecular complexity index is 416. The number of rotatable bonds is 5. The smallest absolute Gasteiger partial charge is 0.0448 e. The van der Waals surface area contributed by atoms with Gasteiger partial charge in [-0.15, -0.1) is 0 Å². The predicted molar refractivity (Wildman–Crippen MR) is 82.5 cm³/mol. The van der Waals surface area contributed by atoms with E-state index in [-0.39, 0.29) is 17.6 Å². The Balaban J connectivity index is 2.76. The highest BCUT2D eigenvalue weighted by Crippen LogP contribution is 2.24. The highest BCUT2D eigenvalue weighted by atomic mass is 16.3. The summed E-state index contributed by atoms with van der Waals surface area (Å²) < 4.78 is 0. The van der Waals surface area contributed by atoms with Gasteiger partial charge >= 0.3 is 0 Å². The number of aliphatic hydroxyl groups is 1. The lowest BCUT2D eigenvalue weighted by molar-refractivity contribution is 0.230. The third-order valence-electron chi connectivity index (χ3n) is 3.70. The highest BCUT2D eigenvalue weighted by molar-refractivity contribution is 5.34. The van der Waals surface area contributed by atoms with E-state index in [2.05, 4.69) is 65.1 Å². The normalized spacial score (nSPS) is 12.8. The molecular weight excluding hydrogens is 234 g/mol. The predicted octanol–water partition coefficient (Wildman–Crippen LogP) is 3.54. The molecule has 0 saturated heterocycles. The van der Waals surface area contributed by atoms with E-state index in [9.17, 15) is 0 Å². The van der Waals surface area contributed by atoms with E-state index in [1.807, 2.05) is 0 Å². The van der Waals surface area contributed by atoms with Crippen LogP contribution in [-0.4, -0.2) is 17.3 Å². The number of benzene rings is 1. The van der Waals surface area contributed by atoms with E-state index >= 15 is 0 Å². The zero-order chi connectivity index (χ0) is 14.7. The second-order valence-corrected chi connectivity index (χ2v) is 7.10. The van der Waals surface area contributed by atoms with Crippen LogP contribution in [0.4, 0.5) is 0 Å². The summed E-state index contributed by atoms with van der Waals surface area (Å²) in [7, 11) is 0. The van der Waals surface area contributed by atoms with Crippen LogP contribution in [0.3, 0.4) is 0 Å². The summed E-state index contributed by atoms with van der Waals surface area (Å²) in [6.45, 7) is 14.2. The zero-order valence-electron chi connectivity index (χ0n) is 13.3. The first-order valence-electron chi connectivity index (χ1n) is 7.11. The van der Waals surface area contributed by atoms with Crippen molar-refractivity contribution in [1.29, 1.82) is 0 Å². The number of aliphatic hydroxyl groups excluding tert-OH is 1. The van der Waals surface area contributed by atoms with Gasteiger partial charge in [0.15, 0.2) is 0 Å². The van der Waals surface area contributed by atoms with Crippen molar-refractivity contribution in [3.63, 3.8) is 0 Å².